The van der Waals surface area contributed by atoms with Gasteiger partial charge >= 0.3 is 0 Å². The van der Waals surface area contributed by atoms with Crippen molar-refractivity contribution in [3.05, 3.63) is 23.0 Å². The van der Waals surface area contributed by atoms with Crippen LogP contribution in [-0.4, -0.2) is 37.6 Å². The minimum Gasteiger partial charge on any atom is -0.297 e. The number of hydrogen-bond acceptors (Lipinski definition) is 7. The van der Waals surface area contributed by atoms with Gasteiger partial charge in [0.2, 0.25) is 0 Å². The lowest BCUT2D eigenvalue weighted by Crippen LogP contribution is -2.33. The van der Waals surface area contributed by atoms with Gasteiger partial charge in [0.1, 0.15) is 0 Å². The third-order valence-corrected chi connectivity index (χ3v) is 4.78. The minimum absolute atomic E-state index is 0.253. The van der Waals surface area contributed by atoms with Gasteiger partial charge in [-0.25, -0.2) is 4.98 Å². The molecule has 21 heavy (non-hydrogen) atoms. The van der Waals surface area contributed by atoms with Crippen molar-refractivity contribution in [1.29, 1.82) is 0 Å². The van der Waals surface area contributed by atoms with Crippen molar-refractivity contribution >= 4 is 34.1 Å². The molecule has 8 heteroatoms. The van der Waals surface area contributed by atoms with E-state index in [9.17, 15) is 4.79 Å². The van der Waals surface area contributed by atoms with Crippen molar-refractivity contribution in [2.75, 3.05) is 18.4 Å². The maximum absolute atomic E-state index is 11.9. The molecule has 2 aromatic rings. The Morgan fingerprint density at radius 1 is 1.57 bits per heavy atom. The lowest BCUT2D eigenvalue weighted by atomic mass is 10.0. The fourth-order valence-electron chi connectivity index (χ4n) is 2.52. The summed E-state index contributed by atoms with van der Waals surface area (Å²) in [7, 11) is 0. The van der Waals surface area contributed by atoms with Crippen LogP contribution in [0.15, 0.2) is 11.6 Å². The lowest BCUT2D eigenvalue weighted by Gasteiger charge is -2.30. The number of anilines is 1. The summed E-state index contributed by atoms with van der Waals surface area (Å²) in [6, 6.07) is 0. The van der Waals surface area contributed by atoms with E-state index in [2.05, 4.69) is 30.9 Å². The second-order valence-corrected chi connectivity index (χ2v) is 6.79. The van der Waals surface area contributed by atoms with E-state index in [0.717, 1.165) is 43.0 Å². The highest BCUT2D eigenvalue weighted by Gasteiger charge is 2.18. The molecule has 0 aromatic carbocycles. The van der Waals surface area contributed by atoms with Crippen LogP contribution in [0.2, 0.25) is 0 Å². The topological polar surface area (TPSA) is 71.0 Å². The molecule has 0 radical (unpaired) electrons. The first kappa shape index (κ1) is 14.6. The minimum atomic E-state index is -0.253. The number of nitrogens with one attached hydrogen (secondary N) is 1. The van der Waals surface area contributed by atoms with E-state index in [1.54, 1.807) is 0 Å². The highest BCUT2D eigenvalue weighted by Crippen LogP contribution is 2.21. The van der Waals surface area contributed by atoms with Gasteiger partial charge in [-0.05, 0) is 25.3 Å². The van der Waals surface area contributed by atoms with Gasteiger partial charge < -0.3 is 0 Å². The molecular formula is C13H17N5OS2. The Bertz CT molecular complexity index is 597. The number of rotatable bonds is 4. The van der Waals surface area contributed by atoms with Crippen LogP contribution in [0.5, 0.6) is 0 Å². The van der Waals surface area contributed by atoms with Crippen molar-refractivity contribution in [3.63, 3.8) is 0 Å². The van der Waals surface area contributed by atoms with Gasteiger partial charge in [0, 0.05) is 18.5 Å². The van der Waals surface area contributed by atoms with Gasteiger partial charge in [-0.1, -0.05) is 6.92 Å². The third-order valence-electron chi connectivity index (χ3n) is 3.49. The van der Waals surface area contributed by atoms with Gasteiger partial charge in [-0.2, -0.15) is 8.75 Å². The first-order chi connectivity index (χ1) is 10.2. The smallest absolute Gasteiger partial charge is 0.278 e. The first-order valence-electron chi connectivity index (χ1n) is 6.96. The van der Waals surface area contributed by atoms with Crippen LogP contribution in [-0.2, 0) is 6.54 Å². The molecule has 0 aliphatic carbocycles. The van der Waals surface area contributed by atoms with Crippen LogP contribution < -0.4 is 5.32 Å². The number of thiazole rings is 1. The van der Waals surface area contributed by atoms with E-state index in [-0.39, 0.29) is 5.91 Å². The van der Waals surface area contributed by atoms with Crippen LogP contribution >= 0.6 is 23.1 Å². The summed E-state index contributed by atoms with van der Waals surface area (Å²) in [6.07, 6.45) is 4.03. The van der Waals surface area contributed by atoms with Crippen molar-refractivity contribution in [2.45, 2.75) is 26.3 Å². The number of carbonyl (C=O) groups excluding carboxylic acids is 1. The average Bonchev–Trinajstić information content (AvgIpc) is 3.10. The molecule has 1 unspecified atom stereocenters. The molecule has 3 rings (SSSR count). The normalized spacial score (nSPS) is 19.6. The first-order valence-corrected chi connectivity index (χ1v) is 8.57. The maximum atomic E-state index is 11.9. The summed E-state index contributed by atoms with van der Waals surface area (Å²) in [5.41, 5.74) is 1.35. The Morgan fingerprint density at radius 2 is 2.48 bits per heavy atom. The van der Waals surface area contributed by atoms with Crippen molar-refractivity contribution in [3.8, 4) is 0 Å². The van der Waals surface area contributed by atoms with Crippen LogP contribution in [0, 0.1) is 5.92 Å². The summed E-state index contributed by atoms with van der Waals surface area (Å²) >= 11 is 2.47. The highest BCUT2D eigenvalue weighted by atomic mass is 32.1. The Hall–Kier alpha value is -1.38. The van der Waals surface area contributed by atoms with Gasteiger partial charge in [-0.15, -0.1) is 11.3 Å². The molecule has 1 aliphatic heterocycles. The fraction of sp³-hybridized carbons (Fsp3) is 0.538. The number of piperidine rings is 1. The number of likely N-dealkylation sites (tertiary alicyclic amines) is 1. The Morgan fingerprint density at radius 3 is 3.24 bits per heavy atom. The summed E-state index contributed by atoms with van der Waals surface area (Å²) in [6.45, 7) is 5.41. The zero-order valence-electron chi connectivity index (χ0n) is 11.8. The predicted molar refractivity (Wildman–Crippen MR) is 83.7 cm³/mol. The van der Waals surface area contributed by atoms with Crippen LogP contribution in [0.25, 0.3) is 0 Å². The van der Waals surface area contributed by atoms with E-state index < -0.39 is 0 Å². The second-order valence-electron chi connectivity index (χ2n) is 5.37. The summed E-state index contributed by atoms with van der Waals surface area (Å²) in [4.78, 5) is 18.8. The van der Waals surface area contributed by atoms with E-state index in [0.29, 0.717) is 10.8 Å². The molecule has 1 fully saturated rings. The summed E-state index contributed by atoms with van der Waals surface area (Å²) in [5.74, 6) is 0.505. The van der Waals surface area contributed by atoms with Gasteiger partial charge in [0.15, 0.2) is 10.8 Å². The largest absolute Gasteiger partial charge is 0.297 e. The number of aromatic nitrogens is 3. The zero-order chi connectivity index (χ0) is 14.7. The van der Waals surface area contributed by atoms with Crippen molar-refractivity contribution < 1.29 is 4.79 Å². The predicted octanol–water partition coefficient (Wildman–Crippen LogP) is 2.48. The van der Waals surface area contributed by atoms with E-state index in [1.807, 2.05) is 5.38 Å². The Balaban J connectivity index is 1.57. The standard InChI is InChI=1S/C13H17N5OS2/c1-9-3-2-4-18(6-9)7-10-8-20-13(15-10)16-12(19)11-5-14-21-17-11/h5,8-9H,2-4,6-7H2,1H3,(H,15,16,19). The number of hydrogen-bond donors (Lipinski definition) is 1. The number of carbonyl (C=O) groups is 1. The van der Waals surface area contributed by atoms with Crippen LogP contribution in [0.4, 0.5) is 5.13 Å². The van der Waals surface area contributed by atoms with Crippen molar-refractivity contribution in [1.82, 2.24) is 18.6 Å². The molecule has 1 saturated heterocycles. The molecule has 1 atom stereocenters. The lowest BCUT2D eigenvalue weighted by molar-refractivity contribution is 0.102. The summed E-state index contributed by atoms with van der Waals surface area (Å²) in [5, 5.41) is 5.39. The summed E-state index contributed by atoms with van der Waals surface area (Å²) < 4.78 is 7.73. The zero-order valence-corrected chi connectivity index (χ0v) is 13.4. The van der Waals surface area contributed by atoms with E-state index in [4.69, 9.17) is 0 Å². The van der Waals surface area contributed by atoms with Crippen LogP contribution in [0.3, 0.4) is 0 Å². The average molecular weight is 323 g/mol. The van der Waals surface area contributed by atoms with Crippen LogP contribution in [0.1, 0.15) is 35.9 Å². The molecule has 112 valence electrons. The molecule has 1 N–H and O–H groups in total. The quantitative estimate of drug-likeness (QED) is 0.936. The van der Waals surface area contributed by atoms with Crippen molar-refractivity contribution in [2.24, 2.45) is 5.92 Å². The van der Waals surface area contributed by atoms with Gasteiger partial charge in [-0.3, -0.25) is 15.0 Å². The monoisotopic (exact) mass is 323 g/mol. The molecule has 1 aliphatic rings. The molecule has 0 saturated carbocycles. The van der Waals surface area contributed by atoms with Gasteiger partial charge in [0.05, 0.1) is 23.6 Å². The highest BCUT2D eigenvalue weighted by molar-refractivity contribution is 7.14. The molecule has 3 heterocycles. The second kappa shape index (κ2) is 6.59. The molecule has 0 bridgehead atoms. The Kier molecular flexibility index (Phi) is 4.57. The third kappa shape index (κ3) is 3.84. The molecule has 1 amide bonds. The Labute approximate surface area is 131 Å². The van der Waals surface area contributed by atoms with Gasteiger partial charge in [0.25, 0.3) is 5.91 Å². The molecule has 6 nitrogen and oxygen atoms in total. The molecular weight excluding hydrogens is 306 g/mol. The van der Waals surface area contributed by atoms with E-state index in [1.165, 1.54) is 30.4 Å². The molecule has 2 aromatic heterocycles. The maximum Gasteiger partial charge on any atom is 0.278 e. The van der Waals surface area contributed by atoms with E-state index >= 15 is 0 Å². The number of amides is 1. The SMILES string of the molecule is CC1CCCN(Cc2csc(NC(=O)c3cnsn3)n2)C1. The number of nitrogens with zero attached hydrogens (tertiary/aromatic N) is 4. The fourth-order valence-corrected chi connectivity index (χ4v) is 3.63. The molecule has 0 spiro atoms.